The summed E-state index contributed by atoms with van der Waals surface area (Å²) >= 11 is 3.60. The minimum Gasteiger partial charge on any atom is -0.378 e. The Labute approximate surface area is 150 Å². The topological polar surface area (TPSA) is 41.6 Å². The molecular weight excluding hydrogens is 368 g/mol. The third-order valence-electron chi connectivity index (χ3n) is 3.79. The molecule has 0 atom stereocenters. The molecule has 2 aromatic rings. The Hall–Kier alpha value is -2.11. The molecule has 0 radical (unpaired) electrons. The summed E-state index contributed by atoms with van der Waals surface area (Å²) in [7, 11) is 0. The number of hydrogen-bond donors (Lipinski definition) is 1. The quantitative estimate of drug-likeness (QED) is 0.809. The van der Waals surface area contributed by atoms with Crippen LogP contribution in [0.25, 0.3) is 6.08 Å². The van der Waals surface area contributed by atoms with Crippen molar-refractivity contribution < 1.29 is 9.53 Å². The van der Waals surface area contributed by atoms with Gasteiger partial charge in [0, 0.05) is 29.3 Å². The summed E-state index contributed by atoms with van der Waals surface area (Å²) in [6.07, 6.45) is 3.34. The van der Waals surface area contributed by atoms with Gasteiger partial charge in [0.05, 0.1) is 18.9 Å². The number of nitrogens with zero attached hydrogens (tertiary/aromatic N) is 1. The zero-order valence-corrected chi connectivity index (χ0v) is 14.8. The van der Waals surface area contributed by atoms with Crippen LogP contribution in [0.2, 0.25) is 0 Å². The van der Waals surface area contributed by atoms with Crippen molar-refractivity contribution in [2.45, 2.75) is 0 Å². The average Bonchev–Trinajstić information content (AvgIpc) is 2.62. The Morgan fingerprint density at radius 1 is 1.12 bits per heavy atom. The molecule has 0 saturated carbocycles. The summed E-state index contributed by atoms with van der Waals surface area (Å²) in [6.45, 7) is 3.25. The molecule has 1 aliphatic rings. The molecule has 1 saturated heterocycles. The molecule has 1 heterocycles. The van der Waals surface area contributed by atoms with Crippen molar-refractivity contribution in [1.82, 2.24) is 0 Å². The molecule has 1 aliphatic heterocycles. The third-order valence-corrected chi connectivity index (χ3v) is 4.43. The fraction of sp³-hybridized carbons (Fsp3) is 0.211. The number of carbonyl (C=O) groups is 1. The molecule has 0 bridgehead atoms. The molecule has 0 aliphatic carbocycles. The Morgan fingerprint density at radius 2 is 1.88 bits per heavy atom. The Morgan fingerprint density at radius 3 is 2.58 bits per heavy atom. The number of anilines is 2. The van der Waals surface area contributed by atoms with Crippen LogP contribution in [0.3, 0.4) is 0 Å². The molecule has 3 rings (SSSR count). The maximum Gasteiger partial charge on any atom is 0.248 e. The molecule has 1 fully saturated rings. The van der Waals surface area contributed by atoms with Crippen LogP contribution >= 0.6 is 15.9 Å². The van der Waals surface area contributed by atoms with E-state index in [9.17, 15) is 4.79 Å². The van der Waals surface area contributed by atoms with Crippen LogP contribution < -0.4 is 10.2 Å². The molecule has 2 aromatic carbocycles. The summed E-state index contributed by atoms with van der Waals surface area (Å²) in [5.74, 6) is -0.148. The lowest BCUT2D eigenvalue weighted by Crippen LogP contribution is -2.36. The first kappa shape index (κ1) is 16.7. The van der Waals surface area contributed by atoms with E-state index in [-0.39, 0.29) is 5.91 Å². The SMILES string of the molecule is O=C(/C=C/c1ccccc1)Nc1ccc(N2CCOCC2)c(Br)c1. The van der Waals surface area contributed by atoms with Crippen LogP contribution in [0, 0.1) is 0 Å². The second kappa shape index (κ2) is 8.13. The fourth-order valence-electron chi connectivity index (χ4n) is 2.57. The Bertz CT molecular complexity index is 725. The van der Waals surface area contributed by atoms with E-state index in [1.165, 1.54) is 0 Å². The maximum atomic E-state index is 12.0. The molecule has 24 heavy (non-hydrogen) atoms. The van der Waals surface area contributed by atoms with Crippen molar-refractivity contribution in [3.05, 3.63) is 64.6 Å². The number of benzene rings is 2. The number of carbonyl (C=O) groups excluding carboxylic acids is 1. The molecule has 0 unspecified atom stereocenters. The van der Waals surface area contributed by atoms with Crippen LogP contribution in [-0.4, -0.2) is 32.2 Å². The van der Waals surface area contributed by atoms with Gasteiger partial charge in [-0.1, -0.05) is 30.3 Å². The van der Waals surface area contributed by atoms with Crippen molar-refractivity contribution in [1.29, 1.82) is 0 Å². The van der Waals surface area contributed by atoms with E-state index in [1.54, 1.807) is 12.2 Å². The molecule has 1 N–H and O–H groups in total. The van der Waals surface area contributed by atoms with Crippen molar-refractivity contribution in [3.63, 3.8) is 0 Å². The summed E-state index contributed by atoms with van der Waals surface area (Å²) in [6, 6.07) is 15.6. The van der Waals surface area contributed by atoms with Gasteiger partial charge in [0.15, 0.2) is 0 Å². The highest BCUT2D eigenvalue weighted by Gasteiger charge is 2.14. The van der Waals surface area contributed by atoms with Crippen molar-refractivity contribution in [2.75, 3.05) is 36.5 Å². The number of hydrogen-bond acceptors (Lipinski definition) is 3. The lowest BCUT2D eigenvalue weighted by Gasteiger charge is -2.29. The number of halogens is 1. The van der Waals surface area contributed by atoms with E-state index < -0.39 is 0 Å². The number of rotatable bonds is 4. The summed E-state index contributed by atoms with van der Waals surface area (Å²) in [5, 5.41) is 2.88. The maximum absolute atomic E-state index is 12.0. The smallest absolute Gasteiger partial charge is 0.248 e. The van der Waals surface area contributed by atoms with Crippen molar-refractivity contribution in [3.8, 4) is 0 Å². The highest BCUT2D eigenvalue weighted by Crippen LogP contribution is 2.29. The predicted octanol–water partition coefficient (Wildman–Crippen LogP) is 3.94. The molecule has 4 nitrogen and oxygen atoms in total. The van der Waals surface area contributed by atoms with E-state index in [2.05, 4.69) is 26.1 Å². The molecule has 0 spiro atoms. The van der Waals surface area contributed by atoms with E-state index >= 15 is 0 Å². The van der Waals surface area contributed by atoms with Gasteiger partial charge in [0.1, 0.15) is 0 Å². The molecule has 124 valence electrons. The first-order chi connectivity index (χ1) is 11.7. The van der Waals surface area contributed by atoms with Crippen molar-refractivity contribution in [2.24, 2.45) is 0 Å². The lowest BCUT2D eigenvalue weighted by molar-refractivity contribution is -0.111. The van der Waals surface area contributed by atoms with E-state index in [1.807, 2.05) is 48.5 Å². The van der Waals surface area contributed by atoms with Crippen molar-refractivity contribution >= 4 is 39.3 Å². The number of nitrogens with one attached hydrogen (secondary N) is 1. The van der Waals surface area contributed by atoms with Crippen LogP contribution in [-0.2, 0) is 9.53 Å². The summed E-state index contributed by atoms with van der Waals surface area (Å²) in [4.78, 5) is 14.3. The molecule has 5 heteroatoms. The first-order valence-electron chi connectivity index (χ1n) is 7.89. The van der Waals surface area contributed by atoms with Gasteiger partial charge in [-0.2, -0.15) is 0 Å². The zero-order chi connectivity index (χ0) is 16.8. The van der Waals surface area contributed by atoms with Crippen LogP contribution in [0.5, 0.6) is 0 Å². The van der Waals surface area contributed by atoms with Crippen LogP contribution in [0.1, 0.15) is 5.56 Å². The predicted molar refractivity (Wildman–Crippen MR) is 101 cm³/mol. The number of morpholine rings is 1. The monoisotopic (exact) mass is 386 g/mol. The van der Waals surface area contributed by atoms with Crippen LogP contribution in [0.15, 0.2) is 59.1 Å². The van der Waals surface area contributed by atoms with Gasteiger partial charge in [-0.15, -0.1) is 0 Å². The first-order valence-corrected chi connectivity index (χ1v) is 8.68. The molecule has 0 aromatic heterocycles. The zero-order valence-electron chi connectivity index (χ0n) is 13.2. The normalized spacial score (nSPS) is 14.8. The average molecular weight is 387 g/mol. The fourth-order valence-corrected chi connectivity index (χ4v) is 3.19. The number of amides is 1. The standard InChI is InChI=1S/C19H19BrN2O2/c20-17-14-16(7-8-18(17)22-10-12-24-13-11-22)21-19(23)9-6-15-4-2-1-3-5-15/h1-9,14H,10-13H2,(H,21,23)/b9-6+. The third kappa shape index (κ3) is 4.46. The largest absolute Gasteiger partial charge is 0.378 e. The van der Waals surface area contributed by atoms with E-state index in [0.29, 0.717) is 0 Å². The highest BCUT2D eigenvalue weighted by molar-refractivity contribution is 9.10. The van der Waals surface area contributed by atoms with Gasteiger partial charge < -0.3 is 15.0 Å². The van der Waals surface area contributed by atoms with Gasteiger partial charge in [-0.05, 0) is 45.8 Å². The minimum absolute atomic E-state index is 0.148. The van der Waals surface area contributed by atoms with Gasteiger partial charge in [0.25, 0.3) is 0 Å². The van der Waals surface area contributed by atoms with Gasteiger partial charge in [-0.3, -0.25) is 4.79 Å². The Kier molecular flexibility index (Phi) is 5.67. The molecular formula is C19H19BrN2O2. The Balaban J connectivity index is 1.64. The molecule has 1 amide bonds. The minimum atomic E-state index is -0.148. The van der Waals surface area contributed by atoms with Gasteiger partial charge >= 0.3 is 0 Å². The highest BCUT2D eigenvalue weighted by atomic mass is 79.9. The van der Waals surface area contributed by atoms with E-state index in [0.717, 1.165) is 47.7 Å². The van der Waals surface area contributed by atoms with Gasteiger partial charge in [0.2, 0.25) is 5.91 Å². The number of ether oxygens (including phenoxy) is 1. The lowest BCUT2D eigenvalue weighted by atomic mass is 10.2. The summed E-state index contributed by atoms with van der Waals surface area (Å²) < 4.78 is 6.35. The van der Waals surface area contributed by atoms with Gasteiger partial charge in [-0.25, -0.2) is 0 Å². The van der Waals surface area contributed by atoms with Crippen LogP contribution in [0.4, 0.5) is 11.4 Å². The second-order valence-electron chi connectivity index (χ2n) is 5.50. The van der Waals surface area contributed by atoms with E-state index in [4.69, 9.17) is 4.74 Å². The summed E-state index contributed by atoms with van der Waals surface area (Å²) in [5.41, 5.74) is 2.88. The second-order valence-corrected chi connectivity index (χ2v) is 6.35.